The fourth-order valence-electron chi connectivity index (χ4n) is 9.74. The van der Waals surface area contributed by atoms with Crippen molar-refractivity contribution in [3.8, 4) is 35.3 Å². The highest BCUT2D eigenvalue weighted by Gasteiger charge is 2.30. The normalized spacial score (nSPS) is 12.3. The molecule has 2 heterocycles. The van der Waals surface area contributed by atoms with Crippen LogP contribution >= 0.6 is 23.5 Å². The summed E-state index contributed by atoms with van der Waals surface area (Å²) >= 11 is 2.85. The number of ether oxygens (including phenoxy) is 2. The number of nitrogens with two attached hydrogens (primary N) is 3. The second-order valence-electron chi connectivity index (χ2n) is 23.2. The highest BCUT2D eigenvalue weighted by molar-refractivity contribution is 8.21. The van der Waals surface area contributed by atoms with Gasteiger partial charge in [-0.3, -0.25) is 39.4 Å². The van der Waals surface area contributed by atoms with Crippen LogP contribution in [0, 0.1) is 43.4 Å². The van der Waals surface area contributed by atoms with Gasteiger partial charge in [-0.25, -0.2) is 9.36 Å². The molecule has 22 nitrogen and oxygen atoms in total. The minimum atomic E-state index is -0.272. The molecule has 24 heteroatoms. The zero-order valence-corrected chi connectivity index (χ0v) is 58.0. The molecule has 9 aromatic rings. The third-order valence-electron chi connectivity index (χ3n) is 15.8. The summed E-state index contributed by atoms with van der Waals surface area (Å²) in [6.45, 7) is 5.73. The molecule has 0 aliphatic heterocycles. The Balaban J connectivity index is 0.000000167. The number of Topliss-reactive ketones (excluding diaryl/α,β-unsaturated/α-hetero) is 2. The second-order valence-corrected chi connectivity index (χ2v) is 25.1. The number of anilines is 3. The standard InChI is InChI=1S/2C22H22N4O3.C12H11NOS2.C11H15N3O.C9H7NO/c2*1-13-8-9-15(21(28)24-16-10-11-16)12-17(13)26-20(23)18(22(25-26)29-2)19(27)14-6-4-3-5-7-14;1-15-12(16-2)10(8-13)11(14)9-6-4-3-5-7-9;1-7-2-3-8(6-10(7)14-12)11(15)13-9-4-5-9;10-7-6-9(11)8-4-2-1-3-5-8/h2*3-9,12,16H,10-11,23H2,1-2H3,(H,24,28);3-7H,1-2H3;2-3,6,9,14H,4-5,12H2,1H3,(H,13,15);1-5H,6H2. The SMILES string of the molecule is COc1nn(-c2cc(C(=O)NC3CC3)ccc2C)c(N)c1C(=O)c1ccccc1.COc1nn(-c2cc(C(=O)NC3CC3)ccc2C)c(N)c1C(=O)c1ccccc1.CSC(SC)=C(C#N)C(=O)c1ccccc1.Cc1ccc(C(=O)NC2CC2)cc1NN.N#CCC(=O)c1ccccc1. The maximum atomic E-state index is 13.0. The summed E-state index contributed by atoms with van der Waals surface area (Å²) in [7, 11) is 2.89. The maximum absolute atomic E-state index is 13.0. The van der Waals surface area contributed by atoms with Gasteiger partial charge in [0.2, 0.25) is 29.1 Å². The van der Waals surface area contributed by atoms with Crippen LogP contribution in [0.2, 0.25) is 0 Å². The van der Waals surface area contributed by atoms with Gasteiger partial charge in [-0.05, 0) is 125 Å². The van der Waals surface area contributed by atoms with Crippen molar-refractivity contribution in [2.24, 2.45) is 5.84 Å². The number of aromatic nitrogens is 4. The predicted molar refractivity (Wildman–Crippen MR) is 390 cm³/mol. The molecule has 3 amide bonds. The van der Waals surface area contributed by atoms with E-state index in [1.807, 2.05) is 94.0 Å². The smallest absolute Gasteiger partial charge is 0.251 e. The number of ketones is 4. The lowest BCUT2D eigenvalue weighted by Crippen LogP contribution is -2.25. The van der Waals surface area contributed by atoms with Gasteiger partial charge in [-0.15, -0.1) is 33.7 Å². The van der Waals surface area contributed by atoms with E-state index in [9.17, 15) is 33.6 Å². The molecule has 7 aromatic carbocycles. The first-order valence-electron chi connectivity index (χ1n) is 31.8. The number of carbonyl (C=O) groups excluding carboxylic acids is 7. The second kappa shape index (κ2) is 35.6. The predicted octanol–water partition coefficient (Wildman–Crippen LogP) is 12.1. The van der Waals surface area contributed by atoms with Crippen LogP contribution in [-0.4, -0.2) is 105 Å². The van der Waals surface area contributed by atoms with Crippen LogP contribution in [0.4, 0.5) is 17.3 Å². The number of hydrogen-bond donors (Lipinski definition) is 7. The van der Waals surface area contributed by atoms with Crippen molar-refractivity contribution >= 4 is 81.7 Å². The van der Waals surface area contributed by atoms with Crippen LogP contribution in [0.25, 0.3) is 11.4 Å². The summed E-state index contributed by atoms with van der Waals surface area (Å²) in [5.41, 5.74) is 24.5. The van der Waals surface area contributed by atoms with Gasteiger partial charge in [-0.2, -0.15) is 10.5 Å². The first-order valence-corrected chi connectivity index (χ1v) is 34.3. The number of carbonyl (C=O) groups is 7. The van der Waals surface area contributed by atoms with Gasteiger partial charge in [0.05, 0.1) is 48.0 Å². The van der Waals surface area contributed by atoms with Crippen LogP contribution < -0.4 is 48.2 Å². The van der Waals surface area contributed by atoms with Crippen LogP contribution in [0.15, 0.2) is 186 Å². The topological polar surface area (TPSA) is 347 Å². The van der Waals surface area contributed by atoms with E-state index in [4.69, 9.17) is 37.3 Å². The molecule has 3 aliphatic carbocycles. The number of rotatable bonds is 21. The van der Waals surface area contributed by atoms with E-state index >= 15 is 0 Å². The molecule has 0 unspecified atom stereocenters. The van der Waals surface area contributed by atoms with Gasteiger partial charge in [0.1, 0.15) is 34.4 Å². The van der Waals surface area contributed by atoms with Crippen molar-refractivity contribution in [3.63, 3.8) is 0 Å². The highest BCUT2D eigenvalue weighted by Crippen LogP contribution is 2.34. The maximum Gasteiger partial charge on any atom is 0.251 e. The largest absolute Gasteiger partial charge is 0.479 e. The van der Waals surface area contributed by atoms with Crippen LogP contribution in [-0.2, 0) is 0 Å². The Morgan fingerprint density at radius 2 is 0.850 bits per heavy atom. The third-order valence-corrected chi connectivity index (χ3v) is 17.9. The van der Waals surface area contributed by atoms with Gasteiger partial charge in [0.15, 0.2) is 5.78 Å². The molecule has 100 heavy (non-hydrogen) atoms. The Bertz CT molecular complexity index is 4370. The number of nitriles is 2. The average molecular weight is 1380 g/mol. The molecule has 0 spiro atoms. The summed E-state index contributed by atoms with van der Waals surface area (Å²) in [5.74, 6) is 4.81. The Morgan fingerprint density at radius 3 is 1.18 bits per heavy atom. The number of benzene rings is 7. The van der Waals surface area contributed by atoms with Crippen molar-refractivity contribution in [3.05, 3.63) is 252 Å². The van der Waals surface area contributed by atoms with Crippen LogP contribution in [0.1, 0.15) is 145 Å². The number of hydrogen-bond acceptors (Lipinski definition) is 19. The molecule has 0 bridgehead atoms. The highest BCUT2D eigenvalue weighted by atomic mass is 32.2. The van der Waals surface area contributed by atoms with E-state index in [0.29, 0.717) is 56.4 Å². The molecule has 0 saturated heterocycles. The number of nitrogen functional groups attached to an aromatic ring is 3. The van der Waals surface area contributed by atoms with E-state index in [2.05, 4.69) is 31.6 Å². The molecule has 0 atom stereocenters. The van der Waals surface area contributed by atoms with Gasteiger partial charge < -0.3 is 42.3 Å². The van der Waals surface area contributed by atoms with E-state index in [0.717, 1.165) is 65.1 Å². The summed E-state index contributed by atoms with van der Waals surface area (Å²) in [6, 6.07) is 56.2. The first-order chi connectivity index (χ1) is 48.3. The number of aryl methyl sites for hydroxylation is 3. The van der Waals surface area contributed by atoms with Crippen LogP contribution in [0.3, 0.4) is 0 Å². The molecule has 512 valence electrons. The lowest BCUT2D eigenvalue weighted by molar-refractivity contribution is 0.0942. The molecule has 3 aliphatic rings. The molecule has 0 radical (unpaired) electrons. The van der Waals surface area contributed by atoms with Crippen LogP contribution in [0.5, 0.6) is 11.8 Å². The average Bonchev–Trinajstić information content (AvgIpc) is 1.63. The fraction of sp³-hybridized carbons (Fsp3) is 0.224. The summed E-state index contributed by atoms with van der Waals surface area (Å²) in [6.07, 6.45) is 9.93. The summed E-state index contributed by atoms with van der Waals surface area (Å²) in [4.78, 5) is 85.6. The van der Waals surface area contributed by atoms with Crippen molar-refractivity contribution in [2.45, 2.75) is 83.8 Å². The van der Waals surface area contributed by atoms with E-state index in [1.54, 1.807) is 127 Å². The quantitative estimate of drug-likeness (QED) is 0.0115. The summed E-state index contributed by atoms with van der Waals surface area (Å²) in [5, 5.41) is 34.9. The number of methoxy groups -OCH3 is 2. The number of hydrazine groups is 1. The number of thioether (sulfide) groups is 2. The Kier molecular flexibility index (Phi) is 26.4. The minimum Gasteiger partial charge on any atom is -0.479 e. The van der Waals surface area contributed by atoms with Gasteiger partial charge in [0.25, 0.3) is 17.7 Å². The number of nitrogens with zero attached hydrogens (tertiary/aromatic N) is 6. The van der Waals surface area contributed by atoms with E-state index in [1.165, 1.54) is 47.1 Å². The van der Waals surface area contributed by atoms with Gasteiger partial charge in [-0.1, -0.05) is 140 Å². The number of nitrogens with one attached hydrogen (secondary N) is 4. The lowest BCUT2D eigenvalue weighted by atomic mass is 10.1. The molecular formula is C76H77N13O9S2. The van der Waals surface area contributed by atoms with Crippen molar-refractivity contribution in [2.75, 3.05) is 43.6 Å². The molecule has 12 rings (SSSR count). The first kappa shape index (κ1) is 74.2. The Labute approximate surface area is 588 Å². The lowest BCUT2D eigenvalue weighted by Gasteiger charge is -2.11. The molecule has 3 fully saturated rings. The molecule has 10 N–H and O–H groups in total. The summed E-state index contributed by atoms with van der Waals surface area (Å²) < 4.78 is 14.3. The minimum absolute atomic E-state index is 0.0194. The third kappa shape index (κ3) is 19.6. The van der Waals surface area contributed by atoms with Gasteiger partial charge >= 0.3 is 0 Å². The Hall–Kier alpha value is -11.6. The number of allylic oxidation sites excluding steroid dienone is 1. The van der Waals surface area contributed by atoms with Crippen molar-refractivity contribution in [1.82, 2.24) is 35.5 Å². The Morgan fingerprint density at radius 1 is 0.500 bits per heavy atom. The molecule has 2 aromatic heterocycles. The number of amides is 3. The fourth-order valence-corrected chi connectivity index (χ4v) is 11.1. The van der Waals surface area contributed by atoms with E-state index < -0.39 is 0 Å². The van der Waals surface area contributed by atoms with Gasteiger partial charge in [0, 0.05) is 57.1 Å². The van der Waals surface area contributed by atoms with Crippen molar-refractivity contribution < 1.29 is 43.0 Å². The molecule has 3 saturated carbocycles. The monoisotopic (exact) mass is 1380 g/mol. The zero-order valence-electron chi connectivity index (χ0n) is 56.3. The van der Waals surface area contributed by atoms with E-state index in [-0.39, 0.29) is 99.5 Å². The van der Waals surface area contributed by atoms with Crippen molar-refractivity contribution in [1.29, 1.82) is 10.5 Å². The molecular weight excluding hydrogens is 1300 g/mol. The zero-order chi connectivity index (χ0) is 72.0.